The molecule has 1 aliphatic heterocycles. The molecule has 1 aliphatic rings. The van der Waals surface area contributed by atoms with E-state index < -0.39 is 5.97 Å². The summed E-state index contributed by atoms with van der Waals surface area (Å²) < 4.78 is 10.2. The summed E-state index contributed by atoms with van der Waals surface area (Å²) in [5, 5.41) is 13.1. The van der Waals surface area contributed by atoms with Crippen molar-refractivity contribution in [1.29, 1.82) is 5.26 Å². The molecule has 0 unspecified atom stereocenters. The van der Waals surface area contributed by atoms with Crippen LogP contribution in [-0.4, -0.2) is 66.2 Å². The number of methoxy groups -OCH3 is 1. The van der Waals surface area contributed by atoms with Crippen molar-refractivity contribution in [3.8, 4) is 6.07 Å². The molecule has 154 valence electrons. The fraction of sp³-hybridized carbons (Fsp3) is 0.500. The van der Waals surface area contributed by atoms with Crippen molar-refractivity contribution in [2.24, 2.45) is 5.92 Å². The van der Waals surface area contributed by atoms with Crippen molar-refractivity contribution < 1.29 is 19.1 Å². The van der Waals surface area contributed by atoms with Gasteiger partial charge in [0.15, 0.2) is 0 Å². The highest BCUT2D eigenvalue weighted by atomic mass is 16.6. The first-order valence-corrected chi connectivity index (χ1v) is 9.58. The Morgan fingerprint density at radius 2 is 2.28 bits per heavy atom. The number of carbonyl (C=O) groups excluding carboxylic acids is 2. The van der Waals surface area contributed by atoms with Gasteiger partial charge >= 0.3 is 5.97 Å². The van der Waals surface area contributed by atoms with E-state index in [-0.39, 0.29) is 30.9 Å². The Balaban J connectivity index is 1.86. The molecule has 0 radical (unpaired) electrons. The van der Waals surface area contributed by atoms with E-state index in [0.29, 0.717) is 36.6 Å². The zero-order valence-corrected chi connectivity index (χ0v) is 16.6. The van der Waals surface area contributed by atoms with Crippen LogP contribution >= 0.6 is 0 Å². The van der Waals surface area contributed by atoms with Crippen LogP contribution in [0.25, 0.3) is 11.0 Å². The lowest BCUT2D eigenvalue weighted by molar-refractivity contribution is -0.131. The predicted molar refractivity (Wildman–Crippen MR) is 106 cm³/mol. The number of amides is 1. The molecule has 0 aromatic carbocycles. The summed E-state index contributed by atoms with van der Waals surface area (Å²) in [5.41, 5.74) is 1.62. The second kappa shape index (κ2) is 9.39. The number of fused-ring (bicyclic) bond motifs is 1. The summed E-state index contributed by atoms with van der Waals surface area (Å²) >= 11 is 0. The molecular weight excluding hydrogens is 374 g/mol. The molecule has 3 rings (SSSR count). The van der Waals surface area contributed by atoms with Crippen LogP contribution in [0.5, 0.6) is 0 Å². The van der Waals surface area contributed by atoms with E-state index in [1.807, 2.05) is 12.1 Å². The number of nitrogens with one attached hydrogen (secondary N) is 2. The normalized spacial score (nSPS) is 19.0. The molecular formula is C20H25N5O4. The average molecular weight is 399 g/mol. The van der Waals surface area contributed by atoms with Gasteiger partial charge in [-0.2, -0.15) is 5.26 Å². The van der Waals surface area contributed by atoms with Crippen LogP contribution in [0.4, 0.5) is 5.69 Å². The number of hydrogen-bond acceptors (Lipinski definition) is 7. The summed E-state index contributed by atoms with van der Waals surface area (Å²) in [5.74, 6) is -0.381. The molecule has 9 heteroatoms. The molecule has 1 saturated heterocycles. The second-order valence-electron chi connectivity index (χ2n) is 7.11. The third kappa shape index (κ3) is 4.66. The van der Waals surface area contributed by atoms with Crippen LogP contribution in [-0.2, 0) is 14.3 Å². The van der Waals surface area contributed by atoms with Crippen LogP contribution in [0, 0.1) is 17.2 Å². The van der Waals surface area contributed by atoms with E-state index in [9.17, 15) is 9.59 Å². The van der Waals surface area contributed by atoms with Gasteiger partial charge in [0.05, 0.1) is 18.4 Å². The van der Waals surface area contributed by atoms with Gasteiger partial charge in [-0.05, 0) is 18.4 Å². The van der Waals surface area contributed by atoms with Gasteiger partial charge in [0.1, 0.15) is 24.2 Å². The Morgan fingerprint density at radius 3 is 3.03 bits per heavy atom. The minimum absolute atomic E-state index is 0.0718. The lowest BCUT2D eigenvalue weighted by Crippen LogP contribution is -2.49. The topological polar surface area (TPSA) is 120 Å². The number of aromatic amines is 1. The van der Waals surface area contributed by atoms with Gasteiger partial charge in [-0.1, -0.05) is 6.92 Å². The quantitative estimate of drug-likeness (QED) is 0.539. The van der Waals surface area contributed by atoms with Gasteiger partial charge in [0.2, 0.25) is 5.91 Å². The molecule has 0 aliphatic carbocycles. The molecule has 0 spiro atoms. The Hall–Kier alpha value is -3.12. The van der Waals surface area contributed by atoms with Gasteiger partial charge in [-0.3, -0.25) is 4.79 Å². The van der Waals surface area contributed by atoms with E-state index in [0.717, 1.165) is 11.8 Å². The van der Waals surface area contributed by atoms with Crippen molar-refractivity contribution >= 4 is 28.6 Å². The number of nitriles is 1. The number of hydrogen-bond donors (Lipinski definition) is 2. The number of pyridine rings is 1. The molecule has 9 nitrogen and oxygen atoms in total. The number of ether oxygens (including phenoxy) is 2. The zero-order chi connectivity index (χ0) is 20.8. The molecule has 1 fully saturated rings. The predicted octanol–water partition coefficient (Wildman–Crippen LogP) is 1.93. The fourth-order valence-corrected chi connectivity index (χ4v) is 3.46. The molecule has 3 heterocycles. The number of esters is 1. The van der Waals surface area contributed by atoms with E-state index in [1.54, 1.807) is 11.1 Å². The van der Waals surface area contributed by atoms with Crippen molar-refractivity contribution in [3.63, 3.8) is 0 Å². The standard InChI is InChI=1S/C20H25N5O4/c1-13-5-8-25(17(26)3-6-21)12-16(13)24-18-14-4-7-22-19(14)23-11-15(18)20(27)29-10-9-28-2/h4,7,11,13,16H,3,5,8-10,12H2,1-2H3,(H2,22,23,24)/t13-,16+/m1/s1. The molecule has 2 atom stereocenters. The molecule has 2 aromatic heterocycles. The van der Waals surface area contributed by atoms with Crippen molar-refractivity contribution in [1.82, 2.24) is 14.9 Å². The number of aromatic nitrogens is 2. The maximum absolute atomic E-state index is 12.6. The van der Waals surface area contributed by atoms with Crippen molar-refractivity contribution in [2.45, 2.75) is 25.8 Å². The van der Waals surface area contributed by atoms with E-state index in [2.05, 4.69) is 22.2 Å². The van der Waals surface area contributed by atoms with Crippen molar-refractivity contribution in [2.75, 3.05) is 38.7 Å². The van der Waals surface area contributed by atoms with Gasteiger partial charge < -0.3 is 24.7 Å². The van der Waals surface area contributed by atoms with E-state index >= 15 is 0 Å². The Labute approximate surface area is 169 Å². The lowest BCUT2D eigenvalue weighted by Gasteiger charge is -2.38. The Morgan fingerprint density at radius 1 is 1.45 bits per heavy atom. The molecule has 0 saturated carbocycles. The zero-order valence-electron chi connectivity index (χ0n) is 16.6. The summed E-state index contributed by atoms with van der Waals surface area (Å²) in [6.07, 6.45) is 3.93. The van der Waals surface area contributed by atoms with Crippen LogP contribution in [0.3, 0.4) is 0 Å². The molecule has 2 N–H and O–H groups in total. The molecule has 29 heavy (non-hydrogen) atoms. The maximum atomic E-state index is 12.6. The highest BCUT2D eigenvalue weighted by Crippen LogP contribution is 2.30. The second-order valence-corrected chi connectivity index (χ2v) is 7.11. The monoisotopic (exact) mass is 399 g/mol. The number of rotatable bonds is 7. The van der Waals surface area contributed by atoms with Crippen LogP contribution in [0.15, 0.2) is 18.5 Å². The molecule has 1 amide bonds. The molecule has 2 aromatic rings. The first-order chi connectivity index (χ1) is 14.0. The minimum Gasteiger partial charge on any atom is -0.460 e. The van der Waals surface area contributed by atoms with Crippen LogP contribution in [0.2, 0.25) is 0 Å². The third-order valence-electron chi connectivity index (χ3n) is 5.20. The Bertz CT molecular complexity index is 919. The molecule has 0 bridgehead atoms. The van der Waals surface area contributed by atoms with Gasteiger partial charge in [0.25, 0.3) is 0 Å². The number of anilines is 1. The maximum Gasteiger partial charge on any atom is 0.341 e. The first-order valence-electron chi connectivity index (χ1n) is 9.58. The highest BCUT2D eigenvalue weighted by molar-refractivity contribution is 6.04. The lowest BCUT2D eigenvalue weighted by atomic mass is 9.92. The van der Waals surface area contributed by atoms with Gasteiger partial charge in [0, 0.05) is 44.0 Å². The van der Waals surface area contributed by atoms with Gasteiger partial charge in [-0.15, -0.1) is 0 Å². The Kier molecular flexibility index (Phi) is 6.67. The van der Waals surface area contributed by atoms with Crippen LogP contribution in [0.1, 0.15) is 30.1 Å². The number of H-pyrrole nitrogens is 1. The summed E-state index contributed by atoms with van der Waals surface area (Å²) in [6, 6.07) is 3.69. The fourth-order valence-electron chi connectivity index (χ4n) is 3.46. The summed E-state index contributed by atoms with van der Waals surface area (Å²) in [4.78, 5) is 33.8. The van der Waals surface area contributed by atoms with Gasteiger partial charge in [-0.25, -0.2) is 9.78 Å². The number of nitrogens with zero attached hydrogens (tertiary/aromatic N) is 3. The van der Waals surface area contributed by atoms with E-state index in [1.165, 1.54) is 13.3 Å². The number of likely N-dealkylation sites (tertiary alicyclic amines) is 1. The summed E-state index contributed by atoms with van der Waals surface area (Å²) in [6.45, 7) is 3.66. The summed E-state index contributed by atoms with van der Waals surface area (Å²) in [7, 11) is 1.54. The number of carbonyl (C=O) groups is 2. The average Bonchev–Trinajstić information content (AvgIpc) is 3.19. The smallest absolute Gasteiger partial charge is 0.341 e. The third-order valence-corrected chi connectivity index (χ3v) is 5.20. The first kappa shape index (κ1) is 20.6. The SMILES string of the molecule is COCCOC(=O)c1cnc2[nH]ccc2c1N[C@H]1CN(C(=O)CC#N)CC[C@H]1C. The number of piperidine rings is 1. The minimum atomic E-state index is -0.485. The van der Waals surface area contributed by atoms with Crippen molar-refractivity contribution in [3.05, 3.63) is 24.0 Å². The van der Waals surface area contributed by atoms with E-state index in [4.69, 9.17) is 14.7 Å². The highest BCUT2D eigenvalue weighted by Gasteiger charge is 2.30. The largest absolute Gasteiger partial charge is 0.460 e. The van der Waals surface area contributed by atoms with Crippen LogP contribution < -0.4 is 5.32 Å².